The molecule has 0 saturated heterocycles. The number of carboxylic acid groups (broad SMARTS) is 2. The maximum absolute atomic E-state index is 11.7. The number of hydrogen-bond donors (Lipinski definition) is 3. The maximum atomic E-state index is 11.7. The Morgan fingerprint density at radius 3 is 2.38 bits per heavy atom. The highest BCUT2D eigenvalue weighted by Crippen LogP contribution is 2.12. The van der Waals surface area contributed by atoms with E-state index >= 15 is 0 Å². The SMILES string of the molecule is O=C(O)CC[C@H](NC(=O)CCC(=O)c1cccs1)C(=O)O. The number of nitrogens with one attached hydrogen (secondary N) is 1. The number of hydrogen-bond acceptors (Lipinski definition) is 5. The smallest absolute Gasteiger partial charge is 0.326 e. The highest BCUT2D eigenvalue weighted by atomic mass is 32.1. The number of rotatable bonds is 9. The number of carbonyl (C=O) groups is 4. The third-order valence-electron chi connectivity index (χ3n) is 2.66. The summed E-state index contributed by atoms with van der Waals surface area (Å²) in [5.41, 5.74) is 0. The highest BCUT2D eigenvalue weighted by Gasteiger charge is 2.21. The third-order valence-corrected chi connectivity index (χ3v) is 3.57. The van der Waals surface area contributed by atoms with Crippen LogP contribution in [-0.2, 0) is 14.4 Å². The van der Waals surface area contributed by atoms with Crippen molar-refractivity contribution in [2.24, 2.45) is 0 Å². The molecule has 0 unspecified atom stereocenters. The van der Waals surface area contributed by atoms with Crippen molar-refractivity contribution in [3.63, 3.8) is 0 Å². The van der Waals surface area contributed by atoms with Gasteiger partial charge in [0.25, 0.3) is 0 Å². The Morgan fingerprint density at radius 2 is 1.86 bits per heavy atom. The van der Waals surface area contributed by atoms with Gasteiger partial charge < -0.3 is 15.5 Å². The normalized spacial score (nSPS) is 11.6. The van der Waals surface area contributed by atoms with Crippen molar-refractivity contribution in [3.05, 3.63) is 22.4 Å². The van der Waals surface area contributed by atoms with Gasteiger partial charge in [-0.25, -0.2) is 4.79 Å². The number of carboxylic acids is 2. The second kappa shape index (κ2) is 8.15. The Hall–Kier alpha value is -2.22. The van der Waals surface area contributed by atoms with Gasteiger partial charge in [0, 0.05) is 19.3 Å². The summed E-state index contributed by atoms with van der Waals surface area (Å²) in [6, 6.07) is 2.12. The van der Waals surface area contributed by atoms with Gasteiger partial charge in [-0.3, -0.25) is 14.4 Å². The fourth-order valence-electron chi connectivity index (χ4n) is 1.58. The van der Waals surface area contributed by atoms with Gasteiger partial charge in [0.05, 0.1) is 4.88 Å². The van der Waals surface area contributed by atoms with E-state index in [9.17, 15) is 19.2 Å². The van der Waals surface area contributed by atoms with Crippen LogP contribution in [0.2, 0.25) is 0 Å². The van der Waals surface area contributed by atoms with E-state index in [1.54, 1.807) is 17.5 Å². The summed E-state index contributed by atoms with van der Waals surface area (Å²) < 4.78 is 0. The van der Waals surface area contributed by atoms with Gasteiger partial charge in [0.15, 0.2) is 5.78 Å². The van der Waals surface area contributed by atoms with Crippen LogP contribution in [0.5, 0.6) is 0 Å². The summed E-state index contributed by atoms with van der Waals surface area (Å²) in [6.07, 6.45) is -0.703. The summed E-state index contributed by atoms with van der Waals surface area (Å²) in [5, 5.41) is 21.4. The molecule has 1 rings (SSSR count). The fourth-order valence-corrected chi connectivity index (χ4v) is 2.27. The molecule has 1 atom stereocenters. The van der Waals surface area contributed by atoms with Crippen molar-refractivity contribution in [2.75, 3.05) is 0 Å². The fraction of sp³-hybridized carbons (Fsp3) is 0.385. The molecule has 21 heavy (non-hydrogen) atoms. The van der Waals surface area contributed by atoms with Gasteiger partial charge in [0.2, 0.25) is 5.91 Å². The third kappa shape index (κ3) is 6.17. The van der Waals surface area contributed by atoms with E-state index in [2.05, 4.69) is 5.32 Å². The van der Waals surface area contributed by atoms with Crippen LogP contribution >= 0.6 is 11.3 Å². The van der Waals surface area contributed by atoms with Crippen LogP contribution in [-0.4, -0.2) is 39.9 Å². The first kappa shape index (κ1) is 16.8. The first-order valence-corrected chi connectivity index (χ1v) is 7.08. The lowest BCUT2D eigenvalue weighted by Crippen LogP contribution is -2.41. The molecule has 0 aliphatic carbocycles. The molecule has 8 heteroatoms. The number of amides is 1. The second-order valence-electron chi connectivity index (χ2n) is 4.29. The zero-order chi connectivity index (χ0) is 15.8. The molecule has 0 aromatic carbocycles. The molecule has 0 fully saturated rings. The number of Topliss-reactive ketones (excluding diaryl/α,β-unsaturated/α-hetero) is 1. The molecule has 3 N–H and O–H groups in total. The average Bonchev–Trinajstić information content (AvgIpc) is 2.94. The van der Waals surface area contributed by atoms with E-state index in [0.29, 0.717) is 4.88 Å². The van der Waals surface area contributed by atoms with Crippen LogP contribution in [0.4, 0.5) is 0 Å². The van der Waals surface area contributed by atoms with Gasteiger partial charge in [-0.1, -0.05) is 6.07 Å². The average molecular weight is 313 g/mol. The van der Waals surface area contributed by atoms with Crippen molar-refractivity contribution in [1.82, 2.24) is 5.32 Å². The highest BCUT2D eigenvalue weighted by molar-refractivity contribution is 7.12. The zero-order valence-electron chi connectivity index (χ0n) is 11.1. The van der Waals surface area contributed by atoms with E-state index < -0.39 is 23.9 Å². The first-order valence-electron chi connectivity index (χ1n) is 6.21. The molecule has 0 radical (unpaired) electrons. The molecule has 0 spiro atoms. The first-order chi connectivity index (χ1) is 9.90. The van der Waals surface area contributed by atoms with Crippen LogP contribution in [0.25, 0.3) is 0 Å². The van der Waals surface area contributed by atoms with Crippen molar-refractivity contribution in [1.29, 1.82) is 0 Å². The van der Waals surface area contributed by atoms with Gasteiger partial charge in [0.1, 0.15) is 6.04 Å². The predicted octanol–water partition coefficient (Wildman–Crippen LogP) is 1.15. The lowest BCUT2D eigenvalue weighted by Gasteiger charge is -2.13. The summed E-state index contributed by atoms with van der Waals surface area (Å²) in [7, 11) is 0. The van der Waals surface area contributed by atoms with Crippen LogP contribution in [0.1, 0.15) is 35.4 Å². The summed E-state index contributed by atoms with van der Waals surface area (Å²) in [6.45, 7) is 0. The van der Waals surface area contributed by atoms with Crippen LogP contribution in [0, 0.1) is 0 Å². The van der Waals surface area contributed by atoms with Gasteiger partial charge in [-0.05, 0) is 17.9 Å². The zero-order valence-corrected chi connectivity index (χ0v) is 11.9. The van der Waals surface area contributed by atoms with Crippen LogP contribution < -0.4 is 5.32 Å². The molecule has 1 heterocycles. The molecule has 114 valence electrons. The quantitative estimate of drug-likeness (QED) is 0.588. The molecule has 1 aromatic heterocycles. The predicted molar refractivity (Wildman–Crippen MR) is 74.3 cm³/mol. The van der Waals surface area contributed by atoms with Crippen LogP contribution in [0.15, 0.2) is 17.5 Å². The summed E-state index contributed by atoms with van der Waals surface area (Å²) in [4.78, 5) is 45.1. The number of ketones is 1. The second-order valence-corrected chi connectivity index (χ2v) is 5.24. The van der Waals surface area contributed by atoms with Crippen molar-refractivity contribution >= 4 is 35.0 Å². The lowest BCUT2D eigenvalue weighted by atomic mass is 10.1. The van der Waals surface area contributed by atoms with E-state index in [1.807, 2.05) is 0 Å². The van der Waals surface area contributed by atoms with E-state index in [0.717, 1.165) is 0 Å². The summed E-state index contributed by atoms with van der Waals surface area (Å²) >= 11 is 1.27. The van der Waals surface area contributed by atoms with Gasteiger partial charge >= 0.3 is 11.9 Å². The number of aliphatic carboxylic acids is 2. The van der Waals surface area contributed by atoms with E-state index in [4.69, 9.17) is 10.2 Å². The summed E-state index contributed by atoms with van der Waals surface area (Å²) in [5.74, 6) is -3.20. The molecule has 0 saturated carbocycles. The Bertz CT molecular complexity index is 525. The molecule has 7 nitrogen and oxygen atoms in total. The monoisotopic (exact) mass is 313 g/mol. The minimum absolute atomic E-state index is 0.0163. The molecule has 0 aliphatic heterocycles. The van der Waals surface area contributed by atoms with Crippen molar-refractivity contribution in [2.45, 2.75) is 31.7 Å². The largest absolute Gasteiger partial charge is 0.481 e. The minimum Gasteiger partial charge on any atom is -0.481 e. The van der Waals surface area contributed by atoms with Gasteiger partial charge in [-0.15, -0.1) is 11.3 Å². The molecular weight excluding hydrogens is 298 g/mol. The molecule has 1 aromatic rings. The van der Waals surface area contributed by atoms with E-state index in [-0.39, 0.29) is 31.5 Å². The number of thiophene rings is 1. The Labute approximate surface area is 124 Å². The number of carbonyl (C=O) groups excluding carboxylic acids is 2. The maximum Gasteiger partial charge on any atom is 0.326 e. The Balaban J connectivity index is 2.41. The minimum atomic E-state index is -1.30. The molecule has 0 bridgehead atoms. The van der Waals surface area contributed by atoms with Crippen molar-refractivity contribution < 1.29 is 29.4 Å². The standard InChI is InChI=1S/C13H15NO6S/c15-9(10-2-1-7-21-10)4-5-11(16)14-8(13(19)20)3-6-12(17)18/h1-2,7-8H,3-6H2,(H,14,16)(H,17,18)(H,19,20)/t8-/m0/s1. The van der Waals surface area contributed by atoms with Crippen molar-refractivity contribution in [3.8, 4) is 0 Å². The lowest BCUT2D eigenvalue weighted by molar-refractivity contribution is -0.143. The Kier molecular flexibility index (Phi) is 6.54. The van der Waals surface area contributed by atoms with Gasteiger partial charge in [-0.2, -0.15) is 0 Å². The molecule has 1 amide bonds. The molecule has 0 aliphatic rings. The topological polar surface area (TPSA) is 121 Å². The molecular formula is C13H15NO6S. The van der Waals surface area contributed by atoms with E-state index in [1.165, 1.54) is 11.3 Å². The Morgan fingerprint density at radius 1 is 1.14 bits per heavy atom. The van der Waals surface area contributed by atoms with Crippen LogP contribution in [0.3, 0.4) is 0 Å².